The molecular weight excluding hydrogens is 482 g/mol. The van der Waals surface area contributed by atoms with Crippen molar-refractivity contribution in [3.8, 4) is 28.4 Å². The third-order valence-electron chi connectivity index (χ3n) is 6.11. The Morgan fingerprint density at radius 2 is 1.78 bits per heavy atom. The molecule has 5 rings (SSSR count). The van der Waals surface area contributed by atoms with Crippen LogP contribution in [0.25, 0.3) is 28.0 Å². The zero-order valence-corrected chi connectivity index (χ0v) is 21.0. The number of morpholine rings is 1. The van der Waals surface area contributed by atoms with Gasteiger partial charge in [-0.3, -0.25) is 4.90 Å². The summed E-state index contributed by atoms with van der Waals surface area (Å²) in [5.41, 5.74) is 9.32. The number of rotatable bonds is 8. The van der Waals surface area contributed by atoms with Gasteiger partial charge in [0.25, 0.3) is 0 Å². The number of anilines is 2. The van der Waals surface area contributed by atoms with E-state index in [4.69, 9.17) is 41.6 Å². The third kappa shape index (κ3) is 4.88. The lowest BCUT2D eigenvalue weighted by Gasteiger charge is -2.26. The average Bonchev–Trinajstić information content (AvgIpc) is 3.25. The van der Waals surface area contributed by atoms with Crippen LogP contribution in [0.3, 0.4) is 0 Å². The van der Waals surface area contributed by atoms with Gasteiger partial charge in [0, 0.05) is 36.8 Å². The molecule has 188 valence electrons. The number of nitrogen functional groups attached to an aromatic ring is 1. The van der Waals surface area contributed by atoms with E-state index in [-0.39, 0.29) is 0 Å². The summed E-state index contributed by atoms with van der Waals surface area (Å²) in [7, 11) is 3.20. The Morgan fingerprint density at radius 3 is 2.50 bits per heavy atom. The van der Waals surface area contributed by atoms with Crippen molar-refractivity contribution in [1.82, 2.24) is 24.6 Å². The summed E-state index contributed by atoms with van der Waals surface area (Å²) < 4.78 is 18.0. The SMILES string of the molecule is COc1ccc(-c2nc(NCCN3CCOCC3)nc3nn(-c4ccc(Cl)cc4)c(N)c23)cc1OC. The molecule has 3 N–H and O–H groups in total. The maximum absolute atomic E-state index is 6.61. The van der Waals surface area contributed by atoms with Crippen LogP contribution >= 0.6 is 11.6 Å². The Kier molecular flexibility index (Phi) is 7.08. The van der Waals surface area contributed by atoms with Gasteiger partial charge in [0.05, 0.1) is 44.2 Å². The minimum atomic E-state index is 0.428. The van der Waals surface area contributed by atoms with Gasteiger partial charge in [-0.05, 0) is 42.5 Å². The van der Waals surface area contributed by atoms with Crippen LogP contribution in [0.15, 0.2) is 42.5 Å². The highest BCUT2D eigenvalue weighted by Gasteiger charge is 2.20. The summed E-state index contributed by atoms with van der Waals surface area (Å²) >= 11 is 6.08. The average molecular weight is 510 g/mol. The summed E-state index contributed by atoms with van der Waals surface area (Å²) in [6.07, 6.45) is 0. The maximum Gasteiger partial charge on any atom is 0.225 e. The quantitative estimate of drug-likeness (QED) is 0.368. The molecule has 2 aromatic carbocycles. The van der Waals surface area contributed by atoms with Crippen LogP contribution < -0.4 is 20.5 Å². The second-order valence-electron chi connectivity index (χ2n) is 8.32. The molecule has 4 aromatic rings. The fourth-order valence-electron chi connectivity index (χ4n) is 4.21. The smallest absolute Gasteiger partial charge is 0.225 e. The number of benzene rings is 2. The van der Waals surface area contributed by atoms with Crippen molar-refractivity contribution in [3.63, 3.8) is 0 Å². The number of aromatic nitrogens is 4. The van der Waals surface area contributed by atoms with Gasteiger partial charge in [-0.25, -0.2) is 9.67 Å². The van der Waals surface area contributed by atoms with Crippen molar-refractivity contribution in [3.05, 3.63) is 47.5 Å². The highest BCUT2D eigenvalue weighted by molar-refractivity contribution is 6.30. The van der Waals surface area contributed by atoms with Gasteiger partial charge in [0.2, 0.25) is 5.95 Å². The van der Waals surface area contributed by atoms with E-state index in [9.17, 15) is 0 Å². The van der Waals surface area contributed by atoms with Gasteiger partial charge in [0.1, 0.15) is 5.82 Å². The van der Waals surface area contributed by atoms with Crippen LogP contribution in [0.4, 0.5) is 11.8 Å². The molecular formula is C25H28ClN7O3. The van der Waals surface area contributed by atoms with E-state index >= 15 is 0 Å². The molecule has 0 radical (unpaired) electrons. The normalized spacial score (nSPS) is 14.2. The second kappa shape index (κ2) is 10.6. The Labute approximate surface area is 213 Å². The molecule has 0 aliphatic carbocycles. The van der Waals surface area contributed by atoms with E-state index in [0.29, 0.717) is 51.6 Å². The number of nitrogens with zero attached hydrogens (tertiary/aromatic N) is 5. The van der Waals surface area contributed by atoms with Crippen LogP contribution in [0, 0.1) is 0 Å². The number of halogens is 1. The summed E-state index contributed by atoms with van der Waals surface area (Å²) in [5.74, 6) is 2.12. The molecule has 1 aliphatic rings. The maximum atomic E-state index is 6.61. The molecule has 1 fully saturated rings. The summed E-state index contributed by atoms with van der Waals surface area (Å²) in [6.45, 7) is 4.89. The van der Waals surface area contributed by atoms with Gasteiger partial charge in [-0.1, -0.05) is 11.6 Å². The topological polar surface area (TPSA) is 113 Å². The van der Waals surface area contributed by atoms with Crippen LogP contribution in [0.2, 0.25) is 5.02 Å². The van der Waals surface area contributed by atoms with E-state index < -0.39 is 0 Å². The Bertz CT molecular complexity index is 1350. The highest BCUT2D eigenvalue weighted by Crippen LogP contribution is 2.37. The van der Waals surface area contributed by atoms with E-state index in [1.165, 1.54) is 0 Å². The van der Waals surface area contributed by atoms with Crippen LogP contribution in [-0.4, -0.2) is 78.3 Å². The number of methoxy groups -OCH3 is 2. The first-order chi connectivity index (χ1) is 17.6. The molecule has 0 saturated carbocycles. The summed E-state index contributed by atoms with van der Waals surface area (Å²) in [4.78, 5) is 11.9. The molecule has 0 spiro atoms. The number of fused-ring (bicyclic) bond motifs is 1. The van der Waals surface area contributed by atoms with Gasteiger partial charge >= 0.3 is 0 Å². The second-order valence-corrected chi connectivity index (χ2v) is 8.75. The number of nitrogens with two attached hydrogens (primary N) is 1. The van der Waals surface area contributed by atoms with Crippen molar-refractivity contribution < 1.29 is 14.2 Å². The molecule has 1 saturated heterocycles. The van der Waals surface area contributed by atoms with Crippen molar-refractivity contribution in [2.24, 2.45) is 0 Å². The van der Waals surface area contributed by atoms with Gasteiger partial charge in [-0.2, -0.15) is 4.98 Å². The first-order valence-corrected chi connectivity index (χ1v) is 12.0. The number of nitrogens with one attached hydrogen (secondary N) is 1. The molecule has 3 heterocycles. The minimum Gasteiger partial charge on any atom is -0.493 e. The zero-order chi connectivity index (χ0) is 25.1. The number of ether oxygens (including phenoxy) is 3. The largest absolute Gasteiger partial charge is 0.493 e. The lowest BCUT2D eigenvalue weighted by Crippen LogP contribution is -2.39. The fraction of sp³-hybridized carbons (Fsp3) is 0.320. The minimum absolute atomic E-state index is 0.428. The van der Waals surface area contributed by atoms with E-state index in [0.717, 1.165) is 44.1 Å². The van der Waals surface area contributed by atoms with Crippen molar-refractivity contribution in [1.29, 1.82) is 0 Å². The summed E-state index contributed by atoms with van der Waals surface area (Å²) in [5, 5.41) is 9.34. The summed E-state index contributed by atoms with van der Waals surface area (Å²) in [6, 6.07) is 12.9. The van der Waals surface area contributed by atoms with Gasteiger partial charge < -0.3 is 25.3 Å². The van der Waals surface area contributed by atoms with Crippen LogP contribution in [-0.2, 0) is 4.74 Å². The predicted molar refractivity (Wildman–Crippen MR) is 140 cm³/mol. The molecule has 0 unspecified atom stereocenters. The number of hydrogen-bond donors (Lipinski definition) is 2. The molecule has 1 aliphatic heterocycles. The van der Waals surface area contributed by atoms with E-state index in [1.54, 1.807) is 31.0 Å². The van der Waals surface area contributed by atoms with Crippen molar-refractivity contribution >= 4 is 34.4 Å². The van der Waals surface area contributed by atoms with Gasteiger partial charge in [0.15, 0.2) is 17.1 Å². The van der Waals surface area contributed by atoms with Crippen molar-refractivity contribution in [2.45, 2.75) is 0 Å². The molecule has 0 amide bonds. The lowest BCUT2D eigenvalue weighted by molar-refractivity contribution is 0.0398. The lowest BCUT2D eigenvalue weighted by atomic mass is 10.1. The number of hydrogen-bond acceptors (Lipinski definition) is 9. The first kappa shape index (κ1) is 24.1. The fourth-order valence-corrected chi connectivity index (χ4v) is 4.34. The standard InChI is InChI=1S/C25H28ClN7O3/c1-34-19-8-3-16(15-20(19)35-2)22-21-23(27)33(18-6-4-17(26)5-7-18)31-24(21)30-25(29-22)28-9-10-32-11-13-36-14-12-32/h3-8,15H,9-14,27H2,1-2H3,(H,28,30,31). The van der Waals surface area contributed by atoms with Crippen molar-refractivity contribution in [2.75, 3.05) is 64.7 Å². The zero-order valence-electron chi connectivity index (χ0n) is 20.2. The molecule has 10 nitrogen and oxygen atoms in total. The van der Waals surface area contributed by atoms with Crippen LogP contribution in [0.5, 0.6) is 11.5 Å². The molecule has 11 heteroatoms. The molecule has 0 bridgehead atoms. The Balaban J connectivity index is 1.56. The molecule has 36 heavy (non-hydrogen) atoms. The molecule has 2 aromatic heterocycles. The third-order valence-corrected chi connectivity index (χ3v) is 6.36. The Morgan fingerprint density at radius 1 is 1.03 bits per heavy atom. The van der Waals surface area contributed by atoms with E-state index in [2.05, 4.69) is 15.2 Å². The van der Waals surface area contributed by atoms with E-state index in [1.807, 2.05) is 30.3 Å². The Hall–Kier alpha value is -3.60. The monoisotopic (exact) mass is 509 g/mol. The predicted octanol–water partition coefficient (Wildman–Crippen LogP) is 3.48. The first-order valence-electron chi connectivity index (χ1n) is 11.7. The highest BCUT2D eigenvalue weighted by atomic mass is 35.5. The van der Waals surface area contributed by atoms with Crippen LogP contribution in [0.1, 0.15) is 0 Å². The molecule has 0 atom stereocenters. The van der Waals surface area contributed by atoms with Gasteiger partial charge in [-0.15, -0.1) is 5.10 Å².